The van der Waals surface area contributed by atoms with Crippen LogP contribution in [0.1, 0.15) is 126 Å². The molecular formula is C20H46O2. The molecule has 0 aromatic carbocycles. The van der Waals surface area contributed by atoms with Crippen molar-refractivity contribution in [3.05, 3.63) is 0 Å². The third kappa shape index (κ3) is 92.6. The van der Waals surface area contributed by atoms with Gasteiger partial charge in [0.2, 0.25) is 0 Å². The Balaban J connectivity index is -0.0000000994. The SMILES string of the molecule is CC(=O)O.CCCCCC.CCCCCC.CCCCCC. The van der Waals surface area contributed by atoms with Gasteiger partial charge in [0.05, 0.1) is 0 Å². The molecule has 0 aliphatic carbocycles. The highest BCUT2D eigenvalue weighted by Crippen LogP contribution is 1.96. The van der Waals surface area contributed by atoms with Gasteiger partial charge in [-0.15, -0.1) is 0 Å². The summed E-state index contributed by atoms with van der Waals surface area (Å²) in [6.07, 6.45) is 16.6. The lowest BCUT2D eigenvalue weighted by molar-refractivity contribution is -0.134. The molecule has 0 heterocycles. The van der Waals surface area contributed by atoms with E-state index in [1.54, 1.807) is 0 Å². The molecule has 0 fully saturated rings. The van der Waals surface area contributed by atoms with Crippen LogP contribution in [0, 0.1) is 0 Å². The van der Waals surface area contributed by atoms with Crippen LogP contribution in [-0.2, 0) is 4.79 Å². The number of unbranched alkanes of at least 4 members (excludes halogenated alkanes) is 9. The number of hydrogen-bond acceptors (Lipinski definition) is 1. The third-order valence-electron chi connectivity index (χ3n) is 2.87. The van der Waals surface area contributed by atoms with Gasteiger partial charge >= 0.3 is 0 Å². The van der Waals surface area contributed by atoms with Crippen LogP contribution in [0.5, 0.6) is 0 Å². The summed E-state index contributed by atoms with van der Waals surface area (Å²) in [4.78, 5) is 9.00. The smallest absolute Gasteiger partial charge is 0.300 e. The topological polar surface area (TPSA) is 37.3 Å². The summed E-state index contributed by atoms with van der Waals surface area (Å²) in [5.74, 6) is -0.833. The molecule has 22 heavy (non-hydrogen) atoms. The molecule has 0 rings (SSSR count). The zero-order valence-corrected chi connectivity index (χ0v) is 16.8. The normalized spacial score (nSPS) is 8.50. The van der Waals surface area contributed by atoms with Crippen molar-refractivity contribution in [2.24, 2.45) is 0 Å². The number of aliphatic carboxylic acids is 1. The van der Waals surface area contributed by atoms with Crippen molar-refractivity contribution < 1.29 is 9.90 Å². The lowest BCUT2D eigenvalue weighted by Crippen LogP contribution is -1.78. The Kier molecular flexibility index (Phi) is 49.7. The van der Waals surface area contributed by atoms with Crippen molar-refractivity contribution in [3.8, 4) is 0 Å². The summed E-state index contributed by atoms with van der Waals surface area (Å²) in [5, 5.41) is 7.42. The van der Waals surface area contributed by atoms with Gasteiger partial charge in [0, 0.05) is 6.92 Å². The van der Waals surface area contributed by atoms with Crippen LogP contribution >= 0.6 is 0 Å². The van der Waals surface area contributed by atoms with E-state index >= 15 is 0 Å². The van der Waals surface area contributed by atoms with E-state index in [0.717, 1.165) is 6.92 Å². The molecule has 0 aliphatic rings. The first-order valence-electron chi connectivity index (χ1n) is 9.67. The quantitative estimate of drug-likeness (QED) is 0.439. The van der Waals surface area contributed by atoms with Gasteiger partial charge in [0.1, 0.15) is 0 Å². The molecule has 0 saturated heterocycles. The minimum absolute atomic E-state index is 0.833. The van der Waals surface area contributed by atoms with Crippen LogP contribution < -0.4 is 0 Å². The highest BCUT2D eigenvalue weighted by Gasteiger charge is 1.76. The number of hydrogen-bond donors (Lipinski definition) is 1. The van der Waals surface area contributed by atoms with Crippen LogP contribution in [-0.4, -0.2) is 11.1 Å². The molecule has 0 bridgehead atoms. The molecule has 0 aliphatic heterocycles. The van der Waals surface area contributed by atoms with E-state index in [2.05, 4.69) is 41.5 Å². The van der Waals surface area contributed by atoms with Gasteiger partial charge in [-0.05, 0) is 0 Å². The Morgan fingerprint density at radius 2 is 0.636 bits per heavy atom. The summed E-state index contributed by atoms with van der Waals surface area (Å²) >= 11 is 0. The fourth-order valence-corrected chi connectivity index (χ4v) is 1.50. The van der Waals surface area contributed by atoms with E-state index in [1.165, 1.54) is 77.0 Å². The lowest BCUT2D eigenvalue weighted by Gasteiger charge is -1.86. The Bertz CT molecular complexity index is 121. The zero-order chi connectivity index (χ0) is 18.1. The molecule has 0 aromatic heterocycles. The summed E-state index contributed by atoms with van der Waals surface area (Å²) in [5.41, 5.74) is 0. The predicted octanol–water partition coefficient (Wildman–Crippen LogP) is 7.85. The van der Waals surface area contributed by atoms with E-state index in [-0.39, 0.29) is 0 Å². The van der Waals surface area contributed by atoms with Crippen molar-refractivity contribution in [1.82, 2.24) is 0 Å². The molecule has 0 saturated carbocycles. The second-order valence-corrected chi connectivity index (χ2v) is 5.64. The molecule has 1 N–H and O–H groups in total. The first kappa shape index (κ1) is 29.5. The van der Waals surface area contributed by atoms with Gasteiger partial charge in [-0.3, -0.25) is 4.79 Å². The van der Waals surface area contributed by atoms with Crippen LogP contribution in [0.3, 0.4) is 0 Å². The fourth-order valence-electron chi connectivity index (χ4n) is 1.50. The summed E-state index contributed by atoms with van der Waals surface area (Å²) in [6, 6.07) is 0. The average molecular weight is 319 g/mol. The van der Waals surface area contributed by atoms with Crippen LogP contribution in [0.25, 0.3) is 0 Å². The van der Waals surface area contributed by atoms with Crippen molar-refractivity contribution >= 4 is 5.97 Å². The van der Waals surface area contributed by atoms with E-state index in [4.69, 9.17) is 9.90 Å². The summed E-state index contributed by atoms with van der Waals surface area (Å²) in [7, 11) is 0. The molecule has 2 nitrogen and oxygen atoms in total. The van der Waals surface area contributed by atoms with Gasteiger partial charge < -0.3 is 5.11 Å². The first-order chi connectivity index (χ1) is 10.5. The second-order valence-electron chi connectivity index (χ2n) is 5.64. The maximum Gasteiger partial charge on any atom is 0.300 e. The van der Waals surface area contributed by atoms with Gasteiger partial charge in [-0.25, -0.2) is 0 Å². The van der Waals surface area contributed by atoms with Crippen molar-refractivity contribution in [1.29, 1.82) is 0 Å². The first-order valence-corrected chi connectivity index (χ1v) is 9.67. The Morgan fingerprint density at radius 3 is 0.682 bits per heavy atom. The minimum Gasteiger partial charge on any atom is -0.481 e. The number of carboxylic acids is 1. The minimum atomic E-state index is -0.833. The van der Waals surface area contributed by atoms with Crippen molar-refractivity contribution in [2.45, 2.75) is 126 Å². The lowest BCUT2D eigenvalue weighted by atomic mass is 10.2. The van der Waals surface area contributed by atoms with E-state index in [1.807, 2.05) is 0 Å². The van der Waals surface area contributed by atoms with E-state index in [9.17, 15) is 0 Å². The average Bonchev–Trinajstić information content (AvgIpc) is 2.49. The zero-order valence-electron chi connectivity index (χ0n) is 16.8. The van der Waals surface area contributed by atoms with Crippen LogP contribution in [0.2, 0.25) is 0 Å². The Hall–Kier alpha value is -0.530. The maximum absolute atomic E-state index is 9.00. The number of carboxylic acid groups (broad SMARTS) is 1. The van der Waals surface area contributed by atoms with Crippen molar-refractivity contribution in [2.75, 3.05) is 0 Å². The largest absolute Gasteiger partial charge is 0.481 e. The molecule has 138 valence electrons. The Labute approximate surface area is 142 Å². The van der Waals surface area contributed by atoms with Gasteiger partial charge in [-0.2, -0.15) is 0 Å². The highest BCUT2D eigenvalue weighted by atomic mass is 16.4. The maximum atomic E-state index is 9.00. The molecule has 0 aromatic rings. The van der Waals surface area contributed by atoms with E-state index < -0.39 is 5.97 Å². The predicted molar refractivity (Wildman–Crippen MR) is 103 cm³/mol. The monoisotopic (exact) mass is 318 g/mol. The summed E-state index contributed by atoms with van der Waals surface area (Å²) < 4.78 is 0. The standard InChI is InChI=1S/3C6H14.C2H4O2/c3*1-3-5-6-4-2;1-2(3)4/h3*3-6H2,1-2H3;1H3,(H,3,4). The molecule has 0 radical (unpaired) electrons. The molecule has 0 amide bonds. The van der Waals surface area contributed by atoms with Gasteiger partial charge in [-0.1, -0.05) is 119 Å². The van der Waals surface area contributed by atoms with Crippen LogP contribution in [0.4, 0.5) is 0 Å². The second kappa shape index (κ2) is 37.1. The van der Waals surface area contributed by atoms with Crippen LogP contribution in [0.15, 0.2) is 0 Å². The molecule has 2 heteroatoms. The Morgan fingerprint density at radius 1 is 0.545 bits per heavy atom. The number of carbonyl (C=O) groups is 1. The fraction of sp³-hybridized carbons (Fsp3) is 0.950. The number of rotatable bonds is 9. The molecule has 0 atom stereocenters. The molecule has 0 unspecified atom stereocenters. The molecule has 0 spiro atoms. The van der Waals surface area contributed by atoms with Crippen molar-refractivity contribution in [3.63, 3.8) is 0 Å². The van der Waals surface area contributed by atoms with Gasteiger partial charge in [0.25, 0.3) is 5.97 Å². The van der Waals surface area contributed by atoms with Gasteiger partial charge in [0.15, 0.2) is 0 Å². The highest BCUT2D eigenvalue weighted by molar-refractivity contribution is 5.62. The third-order valence-corrected chi connectivity index (χ3v) is 2.87. The summed E-state index contributed by atoms with van der Waals surface area (Å²) in [6.45, 7) is 14.5. The molecular weight excluding hydrogens is 272 g/mol. The van der Waals surface area contributed by atoms with E-state index in [0.29, 0.717) is 0 Å².